The number of halogens is 2. The minimum atomic E-state index is -3.81. The molecule has 0 radical (unpaired) electrons. The Bertz CT molecular complexity index is 887. The highest BCUT2D eigenvalue weighted by Gasteiger charge is 2.39. The van der Waals surface area contributed by atoms with E-state index in [9.17, 15) is 17.6 Å². The Kier molecular flexibility index (Phi) is 5.08. The molecule has 1 aliphatic rings. The Labute approximate surface area is 150 Å². The van der Waals surface area contributed by atoms with Crippen molar-refractivity contribution in [1.82, 2.24) is 4.31 Å². The van der Waals surface area contributed by atoms with E-state index in [1.54, 1.807) is 6.07 Å². The molecule has 1 atom stereocenters. The van der Waals surface area contributed by atoms with Crippen molar-refractivity contribution in [3.63, 3.8) is 0 Å². The predicted molar refractivity (Wildman–Crippen MR) is 93.4 cm³/mol. The minimum Gasteiger partial charge on any atom is -0.325 e. The van der Waals surface area contributed by atoms with Crippen LogP contribution in [0.3, 0.4) is 0 Å². The fraction of sp³-hybridized carbons (Fsp3) is 0.235. The number of carbonyl (C=O) groups excluding carboxylic acids is 1. The van der Waals surface area contributed by atoms with Crippen molar-refractivity contribution in [2.75, 3.05) is 11.9 Å². The molecule has 0 saturated carbocycles. The van der Waals surface area contributed by atoms with Crippen LogP contribution in [-0.4, -0.2) is 31.2 Å². The molecule has 1 saturated heterocycles. The normalized spacial score (nSPS) is 18.2. The summed E-state index contributed by atoms with van der Waals surface area (Å²) in [4.78, 5) is 12.6. The van der Waals surface area contributed by atoms with Crippen LogP contribution >= 0.6 is 11.6 Å². The first-order chi connectivity index (χ1) is 11.9. The van der Waals surface area contributed by atoms with E-state index in [1.807, 2.05) is 0 Å². The molecule has 132 valence electrons. The van der Waals surface area contributed by atoms with E-state index in [0.717, 1.165) is 0 Å². The second-order valence-electron chi connectivity index (χ2n) is 5.73. The second kappa shape index (κ2) is 7.11. The van der Waals surface area contributed by atoms with Gasteiger partial charge < -0.3 is 5.32 Å². The van der Waals surface area contributed by atoms with Crippen LogP contribution in [0.15, 0.2) is 53.4 Å². The minimum absolute atomic E-state index is 0.0855. The van der Waals surface area contributed by atoms with Crippen molar-refractivity contribution < 1.29 is 17.6 Å². The number of nitrogens with one attached hydrogen (secondary N) is 1. The van der Waals surface area contributed by atoms with Gasteiger partial charge in [0.2, 0.25) is 15.9 Å². The van der Waals surface area contributed by atoms with E-state index in [2.05, 4.69) is 5.32 Å². The lowest BCUT2D eigenvalue weighted by molar-refractivity contribution is -0.119. The Balaban J connectivity index is 1.82. The molecule has 2 aromatic carbocycles. The number of sulfonamides is 1. The zero-order valence-corrected chi connectivity index (χ0v) is 14.7. The zero-order chi connectivity index (χ0) is 18.0. The fourth-order valence-corrected chi connectivity index (χ4v) is 4.61. The van der Waals surface area contributed by atoms with Crippen LogP contribution in [0.2, 0.25) is 5.02 Å². The van der Waals surface area contributed by atoms with Gasteiger partial charge in [0.1, 0.15) is 11.9 Å². The Morgan fingerprint density at radius 1 is 1.20 bits per heavy atom. The Morgan fingerprint density at radius 2 is 1.92 bits per heavy atom. The summed E-state index contributed by atoms with van der Waals surface area (Å²) in [6, 6.07) is 10.5. The maximum Gasteiger partial charge on any atom is 0.243 e. The van der Waals surface area contributed by atoms with Gasteiger partial charge in [-0.15, -0.1) is 0 Å². The van der Waals surface area contributed by atoms with Gasteiger partial charge in [0.05, 0.1) is 4.90 Å². The molecule has 1 fully saturated rings. The number of benzene rings is 2. The molecular weight excluding hydrogens is 367 g/mol. The molecule has 1 amide bonds. The molecule has 8 heteroatoms. The van der Waals surface area contributed by atoms with E-state index < -0.39 is 27.8 Å². The number of anilines is 1. The SMILES string of the molecule is O=C(Nc1cccc(F)c1)[C@@H]1CCCN1S(=O)(=O)c1ccc(Cl)cc1. The van der Waals surface area contributed by atoms with Crippen LogP contribution in [0.4, 0.5) is 10.1 Å². The summed E-state index contributed by atoms with van der Waals surface area (Å²) in [7, 11) is -3.81. The molecular formula is C17H16ClFN2O3S. The third-order valence-corrected chi connectivity index (χ3v) is 6.19. The number of nitrogens with zero attached hydrogens (tertiary/aromatic N) is 1. The molecule has 5 nitrogen and oxygen atoms in total. The van der Waals surface area contributed by atoms with Gasteiger partial charge in [-0.2, -0.15) is 4.31 Å². The highest BCUT2D eigenvalue weighted by Crippen LogP contribution is 2.27. The van der Waals surface area contributed by atoms with Crippen LogP contribution in [0.1, 0.15) is 12.8 Å². The molecule has 0 spiro atoms. The van der Waals surface area contributed by atoms with Crippen LogP contribution in [0, 0.1) is 5.82 Å². The lowest BCUT2D eigenvalue weighted by Crippen LogP contribution is -2.43. The van der Waals surface area contributed by atoms with Gasteiger partial charge in [-0.05, 0) is 55.3 Å². The summed E-state index contributed by atoms with van der Waals surface area (Å²) in [5.74, 6) is -0.949. The van der Waals surface area contributed by atoms with Crippen LogP contribution < -0.4 is 5.32 Å². The molecule has 0 aliphatic carbocycles. The lowest BCUT2D eigenvalue weighted by Gasteiger charge is -2.23. The summed E-state index contributed by atoms with van der Waals surface area (Å²) in [6.45, 7) is 0.256. The first-order valence-electron chi connectivity index (χ1n) is 7.72. The maximum atomic E-state index is 13.2. The summed E-state index contributed by atoms with van der Waals surface area (Å²) in [5, 5.41) is 3.01. The summed E-state index contributed by atoms with van der Waals surface area (Å²) >= 11 is 5.80. The average Bonchev–Trinajstić information content (AvgIpc) is 3.06. The largest absolute Gasteiger partial charge is 0.325 e. The molecule has 2 aromatic rings. The average molecular weight is 383 g/mol. The van der Waals surface area contributed by atoms with Crippen molar-refractivity contribution in [1.29, 1.82) is 0 Å². The van der Waals surface area contributed by atoms with E-state index in [-0.39, 0.29) is 11.4 Å². The number of hydrogen-bond donors (Lipinski definition) is 1. The first kappa shape index (κ1) is 17.8. The van der Waals surface area contributed by atoms with Gasteiger partial charge in [0.25, 0.3) is 0 Å². The third kappa shape index (κ3) is 3.84. The number of carbonyl (C=O) groups is 1. The molecule has 1 heterocycles. The van der Waals surface area contributed by atoms with Crippen molar-refractivity contribution in [3.05, 3.63) is 59.4 Å². The number of hydrogen-bond acceptors (Lipinski definition) is 3. The zero-order valence-electron chi connectivity index (χ0n) is 13.2. The van der Waals surface area contributed by atoms with Crippen LogP contribution in [0.5, 0.6) is 0 Å². The second-order valence-corrected chi connectivity index (χ2v) is 8.05. The third-order valence-electron chi connectivity index (χ3n) is 4.02. The van der Waals surface area contributed by atoms with Crippen LogP contribution in [0.25, 0.3) is 0 Å². The summed E-state index contributed by atoms with van der Waals surface area (Å²) in [6.07, 6.45) is 0.988. The lowest BCUT2D eigenvalue weighted by atomic mass is 10.2. The topological polar surface area (TPSA) is 66.5 Å². The molecule has 0 bridgehead atoms. The summed E-state index contributed by atoms with van der Waals surface area (Å²) < 4.78 is 40.1. The quantitative estimate of drug-likeness (QED) is 0.882. The van der Waals surface area contributed by atoms with Gasteiger partial charge in [-0.25, -0.2) is 12.8 Å². The monoisotopic (exact) mass is 382 g/mol. The van der Waals surface area contributed by atoms with Crippen molar-refractivity contribution in [2.24, 2.45) is 0 Å². The number of rotatable bonds is 4. The fourth-order valence-electron chi connectivity index (χ4n) is 2.82. The molecule has 1 N–H and O–H groups in total. The van der Waals surface area contributed by atoms with Crippen molar-refractivity contribution >= 4 is 33.2 Å². The van der Waals surface area contributed by atoms with E-state index in [1.165, 1.54) is 46.8 Å². The standard InChI is InChI=1S/C17H16ClFN2O3S/c18-12-6-8-15(9-7-12)25(23,24)21-10-2-5-16(21)17(22)20-14-4-1-3-13(19)11-14/h1,3-4,6-9,11,16H,2,5,10H2,(H,20,22)/t16-/m0/s1. The number of amides is 1. The van der Waals surface area contributed by atoms with Crippen molar-refractivity contribution in [2.45, 2.75) is 23.8 Å². The summed E-state index contributed by atoms with van der Waals surface area (Å²) in [5.41, 5.74) is 0.292. The van der Waals surface area contributed by atoms with E-state index in [0.29, 0.717) is 23.6 Å². The molecule has 3 rings (SSSR count). The van der Waals surface area contributed by atoms with Gasteiger partial charge in [0, 0.05) is 17.3 Å². The molecule has 0 unspecified atom stereocenters. The predicted octanol–water partition coefficient (Wildman–Crippen LogP) is 3.27. The highest BCUT2D eigenvalue weighted by atomic mass is 35.5. The Morgan fingerprint density at radius 3 is 2.60 bits per heavy atom. The van der Waals surface area contributed by atoms with Crippen LogP contribution in [-0.2, 0) is 14.8 Å². The van der Waals surface area contributed by atoms with Gasteiger partial charge in [-0.3, -0.25) is 4.79 Å². The molecule has 1 aliphatic heterocycles. The highest BCUT2D eigenvalue weighted by molar-refractivity contribution is 7.89. The Hall–Kier alpha value is -1.96. The maximum absolute atomic E-state index is 13.2. The van der Waals surface area contributed by atoms with E-state index in [4.69, 9.17) is 11.6 Å². The van der Waals surface area contributed by atoms with E-state index >= 15 is 0 Å². The molecule has 0 aromatic heterocycles. The molecule has 25 heavy (non-hydrogen) atoms. The smallest absolute Gasteiger partial charge is 0.243 e. The first-order valence-corrected chi connectivity index (χ1v) is 9.53. The van der Waals surface area contributed by atoms with Crippen molar-refractivity contribution in [3.8, 4) is 0 Å². The van der Waals surface area contributed by atoms with Gasteiger partial charge in [-0.1, -0.05) is 17.7 Å². The van der Waals surface area contributed by atoms with Gasteiger partial charge >= 0.3 is 0 Å². The van der Waals surface area contributed by atoms with Gasteiger partial charge in [0.15, 0.2) is 0 Å².